The molecule has 0 bridgehead atoms. The molecule has 5 nitrogen and oxygen atoms in total. The summed E-state index contributed by atoms with van der Waals surface area (Å²) in [4.78, 5) is 26.9. The number of aldehydes is 1. The molecular weight excluding hydrogens is 196 g/mol. The Morgan fingerprint density at radius 3 is 2.80 bits per heavy atom. The van der Waals surface area contributed by atoms with Crippen LogP contribution in [0.2, 0.25) is 0 Å². The highest BCUT2D eigenvalue weighted by Crippen LogP contribution is 2.24. The number of carbonyl (C=O) groups is 2. The topological polar surface area (TPSA) is 70.5 Å². The summed E-state index contributed by atoms with van der Waals surface area (Å²) >= 11 is 0. The molecule has 1 N–H and O–H groups in total. The molecule has 1 atom stereocenters. The SMILES string of the molecule is O=Cc1ccc(N2CCC2C(=O)O)nc1. The van der Waals surface area contributed by atoms with E-state index in [9.17, 15) is 9.59 Å². The first-order valence-corrected chi connectivity index (χ1v) is 4.63. The minimum Gasteiger partial charge on any atom is -0.480 e. The van der Waals surface area contributed by atoms with E-state index >= 15 is 0 Å². The summed E-state index contributed by atoms with van der Waals surface area (Å²) in [6.45, 7) is 0.699. The van der Waals surface area contributed by atoms with Gasteiger partial charge in [-0.05, 0) is 18.6 Å². The predicted octanol–water partition coefficient (Wildman–Crippen LogP) is 0.557. The highest BCUT2D eigenvalue weighted by molar-refractivity contribution is 5.80. The minimum absolute atomic E-state index is 0.473. The Balaban J connectivity index is 2.16. The maximum absolute atomic E-state index is 10.8. The van der Waals surface area contributed by atoms with E-state index < -0.39 is 12.0 Å². The van der Waals surface area contributed by atoms with Gasteiger partial charge in [0.1, 0.15) is 11.9 Å². The average Bonchev–Trinajstić information content (AvgIpc) is 2.16. The Morgan fingerprint density at radius 1 is 1.60 bits per heavy atom. The lowest BCUT2D eigenvalue weighted by atomic mass is 10.0. The number of hydrogen-bond acceptors (Lipinski definition) is 4. The number of carboxylic acid groups (broad SMARTS) is 1. The first kappa shape index (κ1) is 9.64. The van der Waals surface area contributed by atoms with Crippen LogP contribution in [-0.4, -0.2) is 34.9 Å². The van der Waals surface area contributed by atoms with Gasteiger partial charge in [0.05, 0.1) is 0 Å². The smallest absolute Gasteiger partial charge is 0.326 e. The molecule has 1 aliphatic heterocycles. The zero-order valence-corrected chi connectivity index (χ0v) is 7.96. The van der Waals surface area contributed by atoms with Crippen LogP contribution in [0.5, 0.6) is 0 Å². The van der Waals surface area contributed by atoms with Gasteiger partial charge in [-0.1, -0.05) is 0 Å². The van der Waals surface area contributed by atoms with Gasteiger partial charge in [0, 0.05) is 18.3 Å². The van der Waals surface area contributed by atoms with Crippen LogP contribution in [0.25, 0.3) is 0 Å². The normalized spacial score (nSPS) is 19.5. The third kappa shape index (κ3) is 1.68. The van der Waals surface area contributed by atoms with Crippen LogP contribution in [-0.2, 0) is 4.79 Å². The van der Waals surface area contributed by atoms with Gasteiger partial charge in [-0.3, -0.25) is 4.79 Å². The van der Waals surface area contributed by atoms with Crippen molar-refractivity contribution < 1.29 is 14.7 Å². The maximum Gasteiger partial charge on any atom is 0.326 e. The van der Waals surface area contributed by atoms with Crippen molar-refractivity contribution in [3.63, 3.8) is 0 Å². The number of carboxylic acids is 1. The van der Waals surface area contributed by atoms with Gasteiger partial charge in [-0.25, -0.2) is 9.78 Å². The Bertz CT molecular complexity index is 388. The number of carbonyl (C=O) groups excluding carboxylic acids is 1. The van der Waals surface area contributed by atoms with E-state index in [1.54, 1.807) is 17.0 Å². The zero-order valence-electron chi connectivity index (χ0n) is 7.96. The van der Waals surface area contributed by atoms with Gasteiger partial charge < -0.3 is 10.0 Å². The first-order chi connectivity index (χ1) is 7.22. The Morgan fingerprint density at radius 2 is 2.40 bits per heavy atom. The summed E-state index contributed by atoms with van der Waals surface area (Å²) < 4.78 is 0. The molecule has 15 heavy (non-hydrogen) atoms. The number of nitrogens with zero attached hydrogens (tertiary/aromatic N) is 2. The van der Waals surface area contributed by atoms with Gasteiger partial charge in [0.15, 0.2) is 6.29 Å². The molecular formula is C10H10N2O3. The highest BCUT2D eigenvalue weighted by Gasteiger charge is 2.34. The second kappa shape index (κ2) is 3.68. The van der Waals surface area contributed by atoms with Gasteiger partial charge in [0.2, 0.25) is 0 Å². The standard InChI is InChI=1S/C10H10N2O3/c13-6-7-1-2-9(11-5-7)12-4-3-8(12)10(14)15/h1-2,5-6,8H,3-4H2,(H,14,15). The predicted molar refractivity (Wildman–Crippen MR) is 53.0 cm³/mol. The van der Waals surface area contributed by atoms with Crippen molar-refractivity contribution in [3.05, 3.63) is 23.9 Å². The van der Waals surface area contributed by atoms with E-state index in [0.29, 0.717) is 30.6 Å². The number of anilines is 1. The van der Waals surface area contributed by atoms with Crippen LogP contribution in [0.1, 0.15) is 16.8 Å². The van der Waals surface area contributed by atoms with E-state index in [0.717, 1.165) is 0 Å². The van der Waals surface area contributed by atoms with Crippen LogP contribution < -0.4 is 4.90 Å². The van der Waals surface area contributed by atoms with Gasteiger partial charge >= 0.3 is 5.97 Å². The van der Waals surface area contributed by atoms with Crippen LogP contribution in [0.4, 0.5) is 5.82 Å². The van der Waals surface area contributed by atoms with Gasteiger partial charge in [0.25, 0.3) is 0 Å². The van der Waals surface area contributed by atoms with Crippen molar-refractivity contribution in [1.29, 1.82) is 0 Å². The van der Waals surface area contributed by atoms with Crippen molar-refractivity contribution in [2.75, 3.05) is 11.4 Å². The largest absolute Gasteiger partial charge is 0.480 e. The van der Waals surface area contributed by atoms with Gasteiger partial charge in [-0.15, -0.1) is 0 Å². The summed E-state index contributed by atoms with van der Waals surface area (Å²) in [7, 11) is 0. The maximum atomic E-state index is 10.8. The molecule has 0 amide bonds. The van der Waals surface area contributed by atoms with E-state index in [2.05, 4.69) is 4.98 Å². The molecule has 1 fully saturated rings. The minimum atomic E-state index is -0.831. The second-order valence-corrected chi connectivity index (χ2v) is 3.40. The lowest BCUT2D eigenvalue weighted by Crippen LogP contribution is -2.52. The number of aromatic nitrogens is 1. The number of hydrogen-bond donors (Lipinski definition) is 1. The Hall–Kier alpha value is -1.91. The van der Waals surface area contributed by atoms with E-state index in [-0.39, 0.29) is 0 Å². The zero-order chi connectivity index (χ0) is 10.8. The summed E-state index contributed by atoms with van der Waals surface area (Å²) in [5.41, 5.74) is 0.492. The lowest BCUT2D eigenvalue weighted by molar-refractivity contribution is -0.140. The molecule has 0 spiro atoms. The van der Waals surface area contributed by atoms with Crippen molar-refractivity contribution in [2.45, 2.75) is 12.5 Å². The van der Waals surface area contributed by atoms with Crippen molar-refractivity contribution in [3.8, 4) is 0 Å². The fourth-order valence-corrected chi connectivity index (χ4v) is 1.56. The second-order valence-electron chi connectivity index (χ2n) is 3.40. The molecule has 1 aliphatic rings. The number of pyridine rings is 1. The molecule has 1 unspecified atom stereocenters. The highest BCUT2D eigenvalue weighted by atomic mass is 16.4. The summed E-state index contributed by atoms with van der Waals surface area (Å²) in [6, 6.07) is 2.82. The van der Waals surface area contributed by atoms with Crippen molar-refractivity contribution in [1.82, 2.24) is 4.98 Å². The lowest BCUT2D eigenvalue weighted by Gasteiger charge is -2.38. The molecule has 0 aliphatic carbocycles. The summed E-state index contributed by atoms with van der Waals surface area (Å²) in [6.07, 6.45) is 2.80. The van der Waals surface area contributed by atoms with Crippen LogP contribution in [0.15, 0.2) is 18.3 Å². The fourth-order valence-electron chi connectivity index (χ4n) is 1.56. The molecule has 0 aromatic carbocycles. The molecule has 1 saturated heterocycles. The summed E-state index contributed by atoms with van der Waals surface area (Å²) in [5, 5.41) is 8.84. The Kier molecular flexibility index (Phi) is 2.37. The quantitative estimate of drug-likeness (QED) is 0.731. The molecule has 5 heteroatoms. The number of aliphatic carboxylic acids is 1. The fraction of sp³-hybridized carbons (Fsp3) is 0.300. The first-order valence-electron chi connectivity index (χ1n) is 4.63. The van der Waals surface area contributed by atoms with Crippen molar-refractivity contribution >= 4 is 18.1 Å². The van der Waals surface area contributed by atoms with Crippen molar-refractivity contribution in [2.24, 2.45) is 0 Å². The van der Waals surface area contributed by atoms with E-state index in [4.69, 9.17) is 5.11 Å². The van der Waals surface area contributed by atoms with Crippen LogP contribution in [0.3, 0.4) is 0 Å². The van der Waals surface area contributed by atoms with Gasteiger partial charge in [-0.2, -0.15) is 0 Å². The molecule has 78 valence electrons. The van der Waals surface area contributed by atoms with E-state index in [1.807, 2.05) is 0 Å². The Labute approximate surface area is 86.3 Å². The third-order valence-corrected chi connectivity index (χ3v) is 2.51. The van der Waals surface area contributed by atoms with Crippen LogP contribution in [0, 0.1) is 0 Å². The monoisotopic (exact) mass is 206 g/mol. The third-order valence-electron chi connectivity index (χ3n) is 2.51. The molecule has 0 saturated carbocycles. The molecule has 2 rings (SSSR count). The molecule has 2 heterocycles. The van der Waals surface area contributed by atoms with Crippen LogP contribution >= 0.6 is 0 Å². The van der Waals surface area contributed by atoms with E-state index in [1.165, 1.54) is 6.20 Å². The molecule has 1 aromatic heterocycles. The molecule has 0 radical (unpaired) electrons. The molecule has 1 aromatic rings. The summed E-state index contributed by atoms with van der Waals surface area (Å²) in [5.74, 6) is -0.221. The average molecular weight is 206 g/mol. The number of rotatable bonds is 3.